The Morgan fingerprint density at radius 3 is 2.64 bits per heavy atom. The van der Waals surface area contributed by atoms with E-state index in [1.165, 1.54) is 0 Å². The van der Waals surface area contributed by atoms with Crippen LogP contribution in [0.15, 0.2) is 0 Å². The van der Waals surface area contributed by atoms with Crippen LogP contribution >= 0.6 is 23.4 Å². The van der Waals surface area contributed by atoms with Gasteiger partial charge < -0.3 is 5.32 Å². The number of halogens is 1. The minimum Gasteiger partial charge on any atom is -0.337 e. The minimum atomic E-state index is -0.457. The second-order valence-corrected chi connectivity index (χ2v) is 4.40. The Kier molecular flexibility index (Phi) is 7.70. The van der Waals surface area contributed by atoms with Crippen LogP contribution in [0.5, 0.6) is 0 Å². The SMILES string of the molecule is CSC(C)CNC(=O)NC(=O)CCCl. The molecule has 0 saturated heterocycles. The van der Waals surface area contributed by atoms with Crippen molar-refractivity contribution in [2.24, 2.45) is 0 Å². The fourth-order valence-corrected chi connectivity index (χ4v) is 1.06. The summed E-state index contributed by atoms with van der Waals surface area (Å²) in [6.45, 7) is 2.53. The number of carbonyl (C=O) groups is 2. The Morgan fingerprint density at radius 1 is 1.50 bits per heavy atom. The van der Waals surface area contributed by atoms with E-state index in [-0.39, 0.29) is 18.2 Å². The summed E-state index contributed by atoms with van der Waals surface area (Å²) in [4.78, 5) is 22.0. The van der Waals surface area contributed by atoms with Crippen LogP contribution in [-0.4, -0.2) is 35.9 Å². The lowest BCUT2D eigenvalue weighted by Gasteiger charge is -2.09. The maximum atomic E-state index is 11.1. The zero-order chi connectivity index (χ0) is 11.0. The van der Waals surface area contributed by atoms with E-state index in [9.17, 15) is 9.59 Å². The predicted octanol–water partition coefficient (Wildman–Crippen LogP) is 1.19. The van der Waals surface area contributed by atoms with Crippen molar-refractivity contribution in [1.82, 2.24) is 10.6 Å². The van der Waals surface area contributed by atoms with Gasteiger partial charge in [0.05, 0.1) is 0 Å². The molecule has 0 heterocycles. The molecule has 0 rings (SSSR count). The number of carbonyl (C=O) groups excluding carboxylic acids is 2. The van der Waals surface area contributed by atoms with Crippen LogP contribution < -0.4 is 10.6 Å². The van der Waals surface area contributed by atoms with Crippen LogP contribution in [0.4, 0.5) is 4.79 Å². The van der Waals surface area contributed by atoms with Crippen molar-refractivity contribution in [1.29, 1.82) is 0 Å². The van der Waals surface area contributed by atoms with Crippen molar-refractivity contribution >= 4 is 35.3 Å². The van der Waals surface area contributed by atoms with E-state index < -0.39 is 6.03 Å². The third-order valence-corrected chi connectivity index (χ3v) is 2.69. The number of hydrogen-bond acceptors (Lipinski definition) is 3. The van der Waals surface area contributed by atoms with Gasteiger partial charge in [-0.3, -0.25) is 10.1 Å². The molecule has 0 aromatic rings. The first-order valence-electron chi connectivity index (χ1n) is 4.26. The van der Waals surface area contributed by atoms with E-state index >= 15 is 0 Å². The van der Waals surface area contributed by atoms with Gasteiger partial charge in [-0.25, -0.2) is 4.79 Å². The highest BCUT2D eigenvalue weighted by molar-refractivity contribution is 7.99. The summed E-state index contributed by atoms with van der Waals surface area (Å²) in [7, 11) is 0. The van der Waals surface area contributed by atoms with E-state index in [0.29, 0.717) is 11.8 Å². The van der Waals surface area contributed by atoms with Crippen LogP contribution in [0.2, 0.25) is 0 Å². The van der Waals surface area contributed by atoms with Gasteiger partial charge in [-0.2, -0.15) is 11.8 Å². The van der Waals surface area contributed by atoms with Crippen LogP contribution in [0, 0.1) is 0 Å². The van der Waals surface area contributed by atoms with Gasteiger partial charge in [0.1, 0.15) is 0 Å². The summed E-state index contributed by atoms with van der Waals surface area (Å²) in [5, 5.41) is 5.10. The molecule has 0 radical (unpaired) electrons. The topological polar surface area (TPSA) is 58.2 Å². The van der Waals surface area contributed by atoms with Gasteiger partial charge in [-0.15, -0.1) is 11.6 Å². The third kappa shape index (κ3) is 7.03. The van der Waals surface area contributed by atoms with Crippen molar-refractivity contribution in [2.45, 2.75) is 18.6 Å². The number of urea groups is 1. The zero-order valence-corrected chi connectivity index (χ0v) is 9.87. The summed E-state index contributed by atoms with van der Waals surface area (Å²) in [6, 6.07) is -0.457. The first-order valence-corrected chi connectivity index (χ1v) is 6.08. The Bertz CT molecular complexity index is 202. The molecule has 14 heavy (non-hydrogen) atoms. The highest BCUT2D eigenvalue weighted by Crippen LogP contribution is 2.01. The van der Waals surface area contributed by atoms with Crippen molar-refractivity contribution in [3.05, 3.63) is 0 Å². The maximum absolute atomic E-state index is 11.1. The first kappa shape index (κ1) is 13.6. The summed E-state index contributed by atoms with van der Waals surface area (Å²) in [6.07, 6.45) is 2.12. The van der Waals surface area contributed by atoms with Gasteiger partial charge in [0.25, 0.3) is 0 Å². The maximum Gasteiger partial charge on any atom is 0.321 e. The molecule has 0 aliphatic heterocycles. The van der Waals surface area contributed by atoms with Crippen LogP contribution in [0.1, 0.15) is 13.3 Å². The number of imide groups is 1. The normalized spacial score (nSPS) is 11.9. The Labute approximate surface area is 93.1 Å². The molecule has 0 saturated carbocycles. The number of rotatable bonds is 5. The summed E-state index contributed by atoms with van der Waals surface area (Å²) in [5.41, 5.74) is 0. The molecule has 4 nitrogen and oxygen atoms in total. The fraction of sp³-hybridized carbons (Fsp3) is 0.750. The van der Waals surface area contributed by atoms with E-state index in [2.05, 4.69) is 10.6 Å². The molecule has 1 atom stereocenters. The van der Waals surface area contributed by atoms with Crippen LogP contribution in [0.3, 0.4) is 0 Å². The van der Waals surface area contributed by atoms with Crippen molar-refractivity contribution in [3.63, 3.8) is 0 Å². The second-order valence-electron chi connectivity index (χ2n) is 2.74. The summed E-state index contributed by atoms with van der Waals surface area (Å²) < 4.78 is 0. The highest BCUT2D eigenvalue weighted by Gasteiger charge is 2.07. The molecule has 0 aromatic heterocycles. The Hall–Kier alpha value is -0.420. The van der Waals surface area contributed by atoms with Gasteiger partial charge in [0, 0.05) is 24.1 Å². The molecule has 6 heteroatoms. The molecular formula is C8H15ClN2O2S. The van der Waals surface area contributed by atoms with E-state index in [1.54, 1.807) is 11.8 Å². The predicted molar refractivity (Wildman–Crippen MR) is 59.9 cm³/mol. The number of hydrogen-bond donors (Lipinski definition) is 2. The summed E-state index contributed by atoms with van der Waals surface area (Å²) in [5.74, 6) is -0.130. The van der Waals surface area contributed by atoms with Gasteiger partial charge in [0.15, 0.2) is 0 Å². The molecular weight excluding hydrogens is 224 g/mol. The van der Waals surface area contributed by atoms with Crippen LogP contribution in [-0.2, 0) is 4.79 Å². The Morgan fingerprint density at radius 2 is 2.14 bits per heavy atom. The standard InChI is InChI=1S/C8H15ClN2O2S/c1-6(14-2)5-10-8(13)11-7(12)3-4-9/h6H,3-5H2,1-2H3,(H2,10,11,12,13). The van der Waals surface area contributed by atoms with E-state index in [0.717, 1.165) is 0 Å². The first-order chi connectivity index (χ1) is 6.60. The largest absolute Gasteiger partial charge is 0.337 e. The van der Waals surface area contributed by atoms with Crippen molar-refractivity contribution in [2.75, 3.05) is 18.7 Å². The van der Waals surface area contributed by atoms with E-state index in [1.807, 2.05) is 13.2 Å². The molecule has 0 spiro atoms. The molecule has 2 N–H and O–H groups in total. The molecule has 0 bridgehead atoms. The van der Waals surface area contributed by atoms with Gasteiger partial charge in [-0.1, -0.05) is 6.92 Å². The summed E-state index contributed by atoms with van der Waals surface area (Å²) >= 11 is 6.98. The van der Waals surface area contributed by atoms with Crippen molar-refractivity contribution in [3.8, 4) is 0 Å². The zero-order valence-electron chi connectivity index (χ0n) is 8.30. The molecule has 0 aliphatic carbocycles. The monoisotopic (exact) mass is 238 g/mol. The quantitative estimate of drug-likeness (QED) is 0.708. The number of alkyl halides is 1. The second kappa shape index (κ2) is 7.94. The molecule has 3 amide bonds. The molecule has 0 aromatic carbocycles. The fourth-order valence-electron chi connectivity index (χ4n) is 0.639. The average molecular weight is 239 g/mol. The molecule has 0 fully saturated rings. The average Bonchev–Trinajstić information content (AvgIpc) is 2.14. The lowest BCUT2D eigenvalue weighted by Crippen LogP contribution is -2.41. The van der Waals surface area contributed by atoms with Crippen molar-refractivity contribution < 1.29 is 9.59 Å². The minimum absolute atomic E-state index is 0.160. The number of amides is 3. The van der Waals surface area contributed by atoms with Gasteiger partial charge >= 0.3 is 6.03 Å². The molecule has 0 aliphatic rings. The lowest BCUT2D eigenvalue weighted by atomic mass is 10.4. The van der Waals surface area contributed by atoms with Gasteiger partial charge in [-0.05, 0) is 6.26 Å². The number of thioether (sulfide) groups is 1. The highest BCUT2D eigenvalue weighted by atomic mass is 35.5. The lowest BCUT2D eigenvalue weighted by molar-refractivity contribution is -0.119. The number of nitrogens with one attached hydrogen (secondary N) is 2. The molecule has 82 valence electrons. The Balaban J connectivity index is 3.60. The van der Waals surface area contributed by atoms with E-state index in [4.69, 9.17) is 11.6 Å². The third-order valence-electron chi connectivity index (χ3n) is 1.53. The van der Waals surface area contributed by atoms with Gasteiger partial charge in [0.2, 0.25) is 5.91 Å². The molecule has 1 unspecified atom stereocenters. The van der Waals surface area contributed by atoms with Crippen LogP contribution in [0.25, 0.3) is 0 Å². The smallest absolute Gasteiger partial charge is 0.321 e.